The molecule has 27 heavy (non-hydrogen) atoms. The van der Waals surface area contributed by atoms with Crippen molar-refractivity contribution in [2.75, 3.05) is 0 Å². The summed E-state index contributed by atoms with van der Waals surface area (Å²) in [6.45, 7) is 0.337. The highest BCUT2D eigenvalue weighted by atomic mass is 19.4. The topological polar surface area (TPSA) is 42.2 Å². The van der Waals surface area contributed by atoms with Crippen LogP contribution in [0.3, 0.4) is 0 Å². The zero-order valence-corrected chi connectivity index (χ0v) is 14.0. The third-order valence-electron chi connectivity index (χ3n) is 3.73. The lowest BCUT2D eigenvalue weighted by Gasteiger charge is -2.14. The zero-order chi connectivity index (χ0) is 19.3. The van der Waals surface area contributed by atoms with Gasteiger partial charge in [-0.1, -0.05) is 42.5 Å². The summed E-state index contributed by atoms with van der Waals surface area (Å²) in [5, 5.41) is 8.94. The Hall–Kier alpha value is -3.46. The van der Waals surface area contributed by atoms with Crippen LogP contribution in [0.5, 0.6) is 11.5 Å². The van der Waals surface area contributed by atoms with Gasteiger partial charge in [0, 0.05) is 5.56 Å². The third-order valence-corrected chi connectivity index (χ3v) is 3.73. The first kappa shape index (κ1) is 18.3. The standard InChI is InChI=1S/C21H14F3NO2/c22-21(23,24)27-20-11-16(13-25)9-10-19(20)17-7-4-8-18(12-17)26-14-15-5-2-1-3-6-15/h1-12H,14H2. The van der Waals surface area contributed by atoms with Crippen molar-refractivity contribution in [3.8, 4) is 28.7 Å². The number of benzene rings is 3. The Morgan fingerprint density at radius 3 is 2.37 bits per heavy atom. The van der Waals surface area contributed by atoms with Gasteiger partial charge in [0.2, 0.25) is 0 Å². The number of hydrogen-bond donors (Lipinski definition) is 0. The maximum atomic E-state index is 12.7. The molecule has 0 radical (unpaired) electrons. The summed E-state index contributed by atoms with van der Waals surface area (Å²) in [5.41, 5.74) is 1.76. The molecule has 0 aromatic heterocycles. The Balaban J connectivity index is 1.89. The van der Waals surface area contributed by atoms with Crippen LogP contribution in [0.2, 0.25) is 0 Å². The normalized spacial score (nSPS) is 10.9. The predicted octanol–water partition coefficient (Wildman–Crippen LogP) is 5.70. The zero-order valence-electron chi connectivity index (χ0n) is 14.0. The fourth-order valence-corrected chi connectivity index (χ4v) is 2.53. The Labute approximate surface area is 154 Å². The first-order valence-electron chi connectivity index (χ1n) is 8.02. The molecule has 3 rings (SSSR count). The number of ether oxygens (including phenoxy) is 2. The third kappa shape index (κ3) is 5.02. The number of hydrogen-bond acceptors (Lipinski definition) is 3. The molecule has 0 heterocycles. The van der Waals surface area contributed by atoms with Crippen LogP contribution in [0, 0.1) is 11.3 Å². The minimum absolute atomic E-state index is 0.0782. The molecule has 0 spiro atoms. The van der Waals surface area contributed by atoms with Crippen molar-refractivity contribution < 1.29 is 22.6 Å². The van der Waals surface area contributed by atoms with Gasteiger partial charge in [-0.25, -0.2) is 0 Å². The second kappa shape index (κ2) is 7.83. The van der Waals surface area contributed by atoms with E-state index in [9.17, 15) is 13.2 Å². The second-order valence-corrected chi connectivity index (χ2v) is 5.67. The molecule has 3 aromatic carbocycles. The Kier molecular flexibility index (Phi) is 5.32. The van der Waals surface area contributed by atoms with Gasteiger partial charge in [0.15, 0.2) is 0 Å². The number of rotatable bonds is 5. The van der Waals surface area contributed by atoms with Gasteiger partial charge < -0.3 is 9.47 Å². The summed E-state index contributed by atoms with van der Waals surface area (Å²) in [5.74, 6) is 0.0837. The lowest BCUT2D eigenvalue weighted by molar-refractivity contribution is -0.274. The van der Waals surface area contributed by atoms with Crippen LogP contribution in [0.1, 0.15) is 11.1 Å². The van der Waals surface area contributed by atoms with Crippen LogP contribution in [-0.4, -0.2) is 6.36 Å². The predicted molar refractivity (Wildman–Crippen MR) is 94.1 cm³/mol. The van der Waals surface area contributed by atoms with Gasteiger partial charge in [0.1, 0.15) is 18.1 Å². The fourth-order valence-electron chi connectivity index (χ4n) is 2.53. The molecule has 0 aliphatic carbocycles. The lowest BCUT2D eigenvalue weighted by Crippen LogP contribution is -2.17. The van der Waals surface area contributed by atoms with Crippen LogP contribution >= 0.6 is 0 Å². The van der Waals surface area contributed by atoms with Crippen molar-refractivity contribution in [1.29, 1.82) is 5.26 Å². The number of alkyl halides is 3. The minimum Gasteiger partial charge on any atom is -0.489 e. The SMILES string of the molecule is N#Cc1ccc(-c2cccc(OCc3ccccc3)c2)c(OC(F)(F)F)c1. The highest BCUT2D eigenvalue weighted by Crippen LogP contribution is 2.36. The molecule has 0 bridgehead atoms. The van der Waals surface area contributed by atoms with Crippen molar-refractivity contribution in [3.63, 3.8) is 0 Å². The van der Waals surface area contributed by atoms with E-state index in [-0.39, 0.29) is 11.1 Å². The molecular weight excluding hydrogens is 355 g/mol. The lowest BCUT2D eigenvalue weighted by atomic mass is 10.0. The van der Waals surface area contributed by atoms with Gasteiger partial charge >= 0.3 is 6.36 Å². The Bertz CT molecular complexity index is 963. The molecular formula is C21H14F3NO2. The molecule has 0 N–H and O–H groups in total. The molecule has 0 aliphatic heterocycles. The smallest absolute Gasteiger partial charge is 0.489 e. The maximum Gasteiger partial charge on any atom is 0.573 e. The fraction of sp³-hybridized carbons (Fsp3) is 0.0952. The van der Waals surface area contributed by atoms with Crippen LogP contribution < -0.4 is 9.47 Å². The average Bonchev–Trinajstić information content (AvgIpc) is 2.66. The van der Waals surface area contributed by atoms with E-state index in [1.807, 2.05) is 36.4 Å². The van der Waals surface area contributed by atoms with Gasteiger partial charge in [-0.15, -0.1) is 13.2 Å². The summed E-state index contributed by atoms with van der Waals surface area (Å²) < 4.78 is 48.0. The van der Waals surface area contributed by atoms with E-state index in [0.717, 1.165) is 11.6 Å². The highest BCUT2D eigenvalue weighted by Gasteiger charge is 2.32. The molecule has 0 unspecified atom stereocenters. The monoisotopic (exact) mass is 369 g/mol. The van der Waals surface area contributed by atoms with Gasteiger partial charge in [-0.05, 0) is 41.5 Å². The molecule has 0 atom stereocenters. The van der Waals surface area contributed by atoms with E-state index in [0.29, 0.717) is 17.9 Å². The van der Waals surface area contributed by atoms with E-state index in [1.54, 1.807) is 24.3 Å². The van der Waals surface area contributed by atoms with E-state index in [2.05, 4.69) is 4.74 Å². The molecule has 3 aromatic rings. The largest absolute Gasteiger partial charge is 0.573 e. The van der Waals surface area contributed by atoms with Gasteiger partial charge in [-0.3, -0.25) is 0 Å². The molecule has 0 saturated carbocycles. The molecule has 0 saturated heterocycles. The Morgan fingerprint density at radius 1 is 0.889 bits per heavy atom. The maximum absolute atomic E-state index is 12.7. The van der Waals surface area contributed by atoms with Crippen molar-refractivity contribution in [1.82, 2.24) is 0 Å². The number of nitrogens with zero attached hydrogens (tertiary/aromatic N) is 1. The van der Waals surface area contributed by atoms with Crippen molar-refractivity contribution >= 4 is 0 Å². The molecule has 6 heteroatoms. The summed E-state index contributed by atoms with van der Waals surface area (Å²) in [6, 6.07) is 22.0. The highest BCUT2D eigenvalue weighted by molar-refractivity contribution is 5.72. The van der Waals surface area contributed by atoms with Crippen LogP contribution in [0.4, 0.5) is 13.2 Å². The number of halogens is 3. The average molecular weight is 369 g/mol. The summed E-state index contributed by atoms with van der Waals surface area (Å²) in [6.07, 6.45) is -4.86. The second-order valence-electron chi connectivity index (χ2n) is 5.67. The van der Waals surface area contributed by atoms with E-state index in [4.69, 9.17) is 10.00 Å². The van der Waals surface area contributed by atoms with Crippen LogP contribution in [0.25, 0.3) is 11.1 Å². The van der Waals surface area contributed by atoms with Crippen molar-refractivity contribution in [3.05, 3.63) is 83.9 Å². The van der Waals surface area contributed by atoms with E-state index >= 15 is 0 Å². The van der Waals surface area contributed by atoms with Crippen molar-refractivity contribution in [2.24, 2.45) is 0 Å². The summed E-state index contributed by atoms with van der Waals surface area (Å²) in [4.78, 5) is 0. The molecule has 0 fully saturated rings. The van der Waals surface area contributed by atoms with E-state index in [1.165, 1.54) is 12.1 Å². The van der Waals surface area contributed by atoms with Crippen LogP contribution in [0.15, 0.2) is 72.8 Å². The van der Waals surface area contributed by atoms with E-state index < -0.39 is 12.1 Å². The summed E-state index contributed by atoms with van der Waals surface area (Å²) in [7, 11) is 0. The first-order chi connectivity index (χ1) is 12.9. The number of nitriles is 1. The van der Waals surface area contributed by atoms with Crippen LogP contribution in [-0.2, 0) is 6.61 Å². The van der Waals surface area contributed by atoms with Gasteiger partial charge in [0.25, 0.3) is 0 Å². The summed E-state index contributed by atoms with van der Waals surface area (Å²) >= 11 is 0. The van der Waals surface area contributed by atoms with Gasteiger partial charge in [0.05, 0.1) is 11.6 Å². The molecule has 0 aliphatic rings. The minimum atomic E-state index is -4.86. The Morgan fingerprint density at radius 2 is 1.67 bits per heavy atom. The molecule has 3 nitrogen and oxygen atoms in total. The first-order valence-corrected chi connectivity index (χ1v) is 8.02. The van der Waals surface area contributed by atoms with Gasteiger partial charge in [-0.2, -0.15) is 5.26 Å². The molecule has 0 amide bonds. The molecule has 136 valence electrons. The quantitative estimate of drug-likeness (QED) is 0.579. The van der Waals surface area contributed by atoms with Crippen molar-refractivity contribution in [2.45, 2.75) is 13.0 Å².